The molecule has 0 N–H and O–H groups in total. The molecular formula is C16H13N3O2S. The van der Waals surface area contributed by atoms with Crippen molar-refractivity contribution in [1.82, 2.24) is 9.97 Å². The van der Waals surface area contributed by atoms with E-state index in [1.165, 1.54) is 11.3 Å². The van der Waals surface area contributed by atoms with Crippen molar-refractivity contribution >= 4 is 23.2 Å². The lowest BCUT2D eigenvalue weighted by Crippen LogP contribution is -1.92. The summed E-state index contributed by atoms with van der Waals surface area (Å²) in [6.07, 6.45) is 1.68. The van der Waals surface area contributed by atoms with E-state index in [9.17, 15) is 0 Å². The lowest BCUT2D eigenvalue weighted by atomic mass is 10.2. The molecule has 0 radical (unpaired) electrons. The first-order valence-corrected chi connectivity index (χ1v) is 7.37. The molecule has 0 aliphatic heterocycles. The van der Waals surface area contributed by atoms with Crippen LogP contribution >= 0.6 is 11.3 Å². The summed E-state index contributed by atoms with van der Waals surface area (Å²) in [7, 11) is 1.62. The van der Waals surface area contributed by atoms with Gasteiger partial charge in [-0.15, -0.1) is 11.3 Å². The molecule has 5 nitrogen and oxygen atoms in total. The van der Waals surface area contributed by atoms with E-state index in [0.717, 1.165) is 17.0 Å². The number of rotatable bonds is 5. The fraction of sp³-hybridized carbons (Fsp3) is 0.0625. The summed E-state index contributed by atoms with van der Waals surface area (Å²) in [4.78, 5) is 12.5. The topological polar surface area (TPSA) is 56.6 Å². The smallest absolute Gasteiger partial charge is 0.228 e. The molecule has 2 heterocycles. The molecule has 6 heteroatoms. The molecule has 110 valence electrons. The standard InChI is InChI=1S/C16H13N3O2S/c1-17-16-19-14(10-22-16)13-7-4-8-18-15(13)21-12-6-3-5-11(9-12)20-2/h3-10H,1H2,2H3. The Labute approximate surface area is 131 Å². The first-order valence-electron chi connectivity index (χ1n) is 6.49. The Hall–Kier alpha value is -2.73. The van der Waals surface area contributed by atoms with Gasteiger partial charge in [-0.25, -0.2) is 15.0 Å². The van der Waals surface area contributed by atoms with Gasteiger partial charge < -0.3 is 9.47 Å². The third-order valence-corrected chi connectivity index (χ3v) is 3.70. The van der Waals surface area contributed by atoms with Crippen LogP contribution in [-0.4, -0.2) is 23.8 Å². The number of ether oxygens (including phenoxy) is 2. The molecule has 3 aromatic rings. The number of pyridine rings is 1. The summed E-state index contributed by atoms with van der Waals surface area (Å²) in [6.45, 7) is 3.48. The highest BCUT2D eigenvalue weighted by atomic mass is 32.1. The van der Waals surface area contributed by atoms with Gasteiger partial charge in [0.15, 0.2) is 0 Å². The predicted molar refractivity (Wildman–Crippen MR) is 87.6 cm³/mol. The monoisotopic (exact) mass is 311 g/mol. The van der Waals surface area contributed by atoms with Crippen LogP contribution < -0.4 is 9.47 Å². The number of methoxy groups -OCH3 is 1. The van der Waals surface area contributed by atoms with Gasteiger partial charge in [-0.1, -0.05) is 6.07 Å². The van der Waals surface area contributed by atoms with E-state index in [-0.39, 0.29) is 0 Å². The second kappa shape index (κ2) is 6.36. The van der Waals surface area contributed by atoms with Crippen molar-refractivity contribution in [2.75, 3.05) is 7.11 Å². The van der Waals surface area contributed by atoms with Crippen LogP contribution in [0.15, 0.2) is 53.0 Å². The Morgan fingerprint density at radius 3 is 2.82 bits per heavy atom. The maximum absolute atomic E-state index is 5.88. The van der Waals surface area contributed by atoms with Crippen LogP contribution in [0.5, 0.6) is 17.4 Å². The molecule has 0 spiro atoms. The second-order valence-corrected chi connectivity index (χ2v) is 5.15. The van der Waals surface area contributed by atoms with Crippen molar-refractivity contribution < 1.29 is 9.47 Å². The molecule has 3 rings (SSSR count). The van der Waals surface area contributed by atoms with Gasteiger partial charge in [-0.3, -0.25) is 0 Å². The average Bonchev–Trinajstić information content (AvgIpc) is 3.04. The van der Waals surface area contributed by atoms with E-state index in [1.807, 2.05) is 35.7 Å². The molecule has 0 atom stereocenters. The minimum Gasteiger partial charge on any atom is -0.497 e. The minimum absolute atomic E-state index is 0.483. The van der Waals surface area contributed by atoms with E-state index in [1.54, 1.807) is 19.4 Å². The fourth-order valence-electron chi connectivity index (χ4n) is 1.90. The van der Waals surface area contributed by atoms with Gasteiger partial charge in [0.05, 0.1) is 18.4 Å². The van der Waals surface area contributed by atoms with Crippen LogP contribution in [-0.2, 0) is 0 Å². The molecule has 0 saturated carbocycles. The van der Waals surface area contributed by atoms with Crippen LogP contribution in [0, 0.1) is 0 Å². The van der Waals surface area contributed by atoms with Gasteiger partial charge >= 0.3 is 0 Å². The summed E-state index contributed by atoms with van der Waals surface area (Å²) < 4.78 is 11.1. The molecule has 0 aliphatic carbocycles. The molecule has 0 fully saturated rings. The normalized spacial score (nSPS) is 10.2. The molecule has 0 bridgehead atoms. The van der Waals surface area contributed by atoms with E-state index in [4.69, 9.17) is 9.47 Å². The van der Waals surface area contributed by atoms with Crippen molar-refractivity contribution in [3.63, 3.8) is 0 Å². The minimum atomic E-state index is 0.483. The zero-order chi connectivity index (χ0) is 15.4. The maximum atomic E-state index is 5.88. The number of hydrogen-bond donors (Lipinski definition) is 0. The van der Waals surface area contributed by atoms with E-state index in [2.05, 4.69) is 21.7 Å². The Morgan fingerprint density at radius 1 is 1.18 bits per heavy atom. The van der Waals surface area contributed by atoms with Crippen molar-refractivity contribution in [3.8, 4) is 28.6 Å². The van der Waals surface area contributed by atoms with E-state index < -0.39 is 0 Å². The van der Waals surface area contributed by atoms with E-state index in [0.29, 0.717) is 16.8 Å². The van der Waals surface area contributed by atoms with Gasteiger partial charge in [0.1, 0.15) is 11.5 Å². The molecule has 1 aromatic carbocycles. The first-order chi connectivity index (χ1) is 10.8. The molecule has 22 heavy (non-hydrogen) atoms. The van der Waals surface area contributed by atoms with Gasteiger partial charge in [0, 0.05) is 17.6 Å². The highest BCUT2D eigenvalue weighted by Crippen LogP contribution is 2.34. The van der Waals surface area contributed by atoms with Crippen molar-refractivity contribution in [2.45, 2.75) is 0 Å². The highest BCUT2D eigenvalue weighted by Gasteiger charge is 2.12. The van der Waals surface area contributed by atoms with Crippen molar-refractivity contribution in [2.24, 2.45) is 4.99 Å². The van der Waals surface area contributed by atoms with Crippen molar-refractivity contribution in [1.29, 1.82) is 0 Å². The molecule has 0 saturated heterocycles. The number of aromatic nitrogens is 2. The summed E-state index contributed by atoms with van der Waals surface area (Å²) >= 11 is 1.42. The van der Waals surface area contributed by atoms with Crippen LogP contribution in [0.4, 0.5) is 5.13 Å². The Kier molecular flexibility index (Phi) is 4.11. The Bertz CT molecular complexity index is 801. The van der Waals surface area contributed by atoms with Gasteiger partial charge in [-0.05, 0) is 31.0 Å². The summed E-state index contributed by atoms with van der Waals surface area (Å²) in [5.41, 5.74) is 1.56. The summed E-state index contributed by atoms with van der Waals surface area (Å²) in [5, 5.41) is 2.52. The maximum Gasteiger partial charge on any atom is 0.228 e. The molecule has 2 aromatic heterocycles. The third-order valence-electron chi connectivity index (χ3n) is 2.93. The van der Waals surface area contributed by atoms with E-state index >= 15 is 0 Å². The molecule has 0 amide bonds. The lowest BCUT2D eigenvalue weighted by Gasteiger charge is -2.09. The highest BCUT2D eigenvalue weighted by molar-refractivity contribution is 7.13. The summed E-state index contributed by atoms with van der Waals surface area (Å²) in [5.74, 6) is 1.86. The third kappa shape index (κ3) is 2.96. The fourth-order valence-corrected chi connectivity index (χ4v) is 2.53. The number of benzene rings is 1. The van der Waals surface area contributed by atoms with Gasteiger partial charge in [0.25, 0.3) is 0 Å². The number of hydrogen-bond acceptors (Lipinski definition) is 6. The zero-order valence-corrected chi connectivity index (χ0v) is 12.7. The van der Waals surface area contributed by atoms with Gasteiger partial charge in [0.2, 0.25) is 11.0 Å². The second-order valence-electron chi connectivity index (χ2n) is 4.31. The number of aliphatic imine (C=N–C) groups is 1. The quantitative estimate of drug-likeness (QED) is 0.658. The number of thiazole rings is 1. The van der Waals surface area contributed by atoms with Crippen LogP contribution in [0.3, 0.4) is 0 Å². The van der Waals surface area contributed by atoms with Gasteiger partial charge in [-0.2, -0.15) is 0 Å². The van der Waals surface area contributed by atoms with Crippen LogP contribution in [0.1, 0.15) is 0 Å². The SMILES string of the molecule is C=Nc1nc(-c2cccnc2Oc2cccc(OC)c2)cs1. The lowest BCUT2D eigenvalue weighted by molar-refractivity contribution is 0.407. The summed E-state index contributed by atoms with van der Waals surface area (Å²) in [6, 6.07) is 11.1. The first kappa shape index (κ1) is 14.2. The average molecular weight is 311 g/mol. The largest absolute Gasteiger partial charge is 0.497 e. The predicted octanol–water partition coefficient (Wildman–Crippen LogP) is 4.34. The Balaban J connectivity index is 1.95. The number of nitrogens with zero attached hydrogens (tertiary/aromatic N) is 3. The zero-order valence-electron chi connectivity index (χ0n) is 11.9. The Morgan fingerprint density at radius 2 is 2.05 bits per heavy atom. The van der Waals surface area contributed by atoms with Crippen LogP contribution in [0.25, 0.3) is 11.3 Å². The molecule has 0 unspecified atom stereocenters. The van der Waals surface area contributed by atoms with Crippen molar-refractivity contribution in [3.05, 3.63) is 48.0 Å². The molecule has 0 aliphatic rings. The molecular weight excluding hydrogens is 298 g/mol. The van der Waals surface area contributed by atoms with Crippen LogP contribution in [0.2, 0.25) is 0 Å².